The first kappa shape index (κ1) is 26.1. The van der Waals surface area contributed by atoms with E-state index in [1.54, 1.807) is 0 Å². The SMILES string of the molecule is CCCCCCCCCCCCCCCCCCNCCOP(=O)(O)O. The fraction of sp³-hybridized carbons (Fsp3) is 1.00. The fourth-order valence-electron chi connectivity index (χ4n) is 3.16. The van der Waals surface area contributed by atoms with Gasteiger partial charge in [-0.05, 0) is 13.0 Å². The van der Waals surface area contributed by atoms with Crippen molar-refractivity contribution in [2.75, 3.05) is 19.7 Å². The number of phosphoric acid groups is 1. The predicted octanol–water partition coefficient (Wildman–Crippen LogP) is 5.95. The van der Waals surface area contributed by atoms with Gasteiger partial charge in [0.05, 0.1) is 6.61 Å². The van der Waals surface area contributed by atoms with Crippen molar-refractivity contribution in [3.05, 3.63) is 0 Å². The van der Waals surface area contributed by atoms with Crippen molar-refractivity contribution in [1.82, 2.24) is 5.32 Å². The third-order valence-corrected chi connectivity index (χ3v) is 5.26. The van der Waals surface area contributed by atoms with E-state index in [0.717, 1.165) is 13.0 Å². The van der Waals surface area contributed by atoms with Gasteiger partial charge in [-0.1, -0.05) is 103 Å². The average molecular weight is 394 g/mol. The van der Waals surface area contributed by atoms with Crippen LogP contribution in [0.3, 0.4) is 0 Å². The van der Waals surface area contributed by atoms with Gasteiger partial charge in [-0.25, -0.2) is 4.57 Å². The highest BCUT2D eigenvalue weighted by Gasteiger charge is 2.12. The van der Waals surface area contributed by atoms with Gasteiger partial charge in [0.15, 0.2) is 0 Å². The van der Waals surface area contributed by atoms with Crippen molar-refractivity contribution in [3.8, 4) is 0 Å². The minimum atomic E-state index is -4.30. The molecule has 0 fully saturated rings. The lowest BCUT2D eigenvalue weighted by Gasteiger charge is -2.06. The first-order valence-corrected chi connectivity index (χ1v) is 12.5. The molecule has 0 unspecified atom stereocenters. The molecule has 26 heavy (non-hydrogen) atoms. The maximum Gasteiger partial charge on any atom is 0.469 e. The number of unbranched alkanes of at least 4 members (excludes halogenated alkanes) is 15. The van der Waals surface area contributed by atoms with Crippen LogP contribution in [-0.4, -0.2) is 29.5 Å². The zero-order valence-corrected chi connectivity index (χ0v) is 18.0. The Morgan fingerprint density at radius 1 is 0.654 bits per heavy atom. The molecule has 0 aliphatic carbocycles. The van der Waals surface area contributed by atoms with Gasteiger partial charge >= 0.3 is 7.82 Å². The van der Waals surface area contributed by atoms with Crippen LogP contribution >= 0.6 is 7.82 Å². The largest absolute Gasteiger partial charge is 0.469 e. The fourth-order valence-corrected chi connectivity index (χ4v) is 3.49. The van der Waals surface area contributed by atoms with Crippen LogP contribution in [0, 0.1) is 0 Å². The Morgan fingerprint density at radius 2 is 1.04 bits per heavy atom. The Morgan fingerprint density at radius 3 is 1.42 bits per heavy atom. The number of rotatable bonds is 21. The van der Waals surface area contributed by atoms with E-state index in [1.807, 2.05) is 0 Å². The molecule has 0 atom stereocenters. The Hall–Kier alpha value is 0.0700. The number of hydrogen-bond acceptors (Lipinski definition) is 3. The molecule has 158 valence electrons. The summed E-state index contributed by atoms with van der Waals surface area (Å²) in [6.07, 6.45) is 21.9. The van der Waals surface area contributed by atoms with Crippen molar-refractivity contribution in [2.45, 2.75) is 110 Å². The summed E-state index contributed by atoms with van der Waals surface area (Å²) in [6, 6.07) is 0. The lowest BCUT2D eigenvalue weighted by molar-refractivity contribution is 0.197. The number of nitrogens with one attached hydrogen (secondary N) is 1. The van der Waals surface area contributed by atoms with Crippen LogP contribution in [0.2, 0.25) is 0 Å². The third-order valence-electron chi connectivity index (χ3n) is 4.75. The lowest BCUT2D eigenvalue weighted by Crippen LogP contribution is -2.20. The summed E-state index contributed by atoms with van der Waals surface area (Å²) in [5, 5.41) is 3.14. The highest BCUT2D eigenvalue weighted by Crippen LogP contribution is 2.35. The molecule has 0 aromatic carbocycles. The highest BCUT2D eigenvalue weighted by atomic mass is 31.2. The molecule has 0 aliphatic rings. The Kier molecular flexibility index (Phi) is 19.9. The molecule has 6 heteroatoms. The van der Waals surface area contributed by atoms with Crippen LogP contribution in [0.4, 0.5) is 0 Å². The van der Waals surface area contributed by atoms with Crippen LogP contribution in [0.15, 0.2) is 0 Å². The summed E-state index contributed by atoms with van der Waals surface area (Å²) < 4.78 is 14.8. The van der Waals surface area contributed by atoms with Gasteiger partial charge in [-0.15, -0.1) is 0 Å². The molecule has 3 N–H and O–H groups in total. The smallest absolute Gasteiger partial charge is 0.314 e. The van der Waals surface area contributed by atoms with Crippen LogP contribution in [0.5, 0.6) is 0 Å². The molecule has 5 nitrogen and oxygen atoms in total. The van der Waals surface area contributed by atoms with Crippen molar-refractivity contribution >= 4 is 7.82 Å². The highest BCUT2D eigenvalue weighted by molar-refractivity contribution is 7.46. The second-order valence-corrected chi connectivity index (χ2v) is 8.62. The van der Waals surface area contributed by atoms with E-state index in [0.29, 0.717) is 6.54 Å². The maximum atomic E-state index is 10.5. The summed E-state index contributed by atoms with van der Waals surface area (Å²) in [6.45, 7) is 3.71. The third kappa shape index (κ3) is 24.1. The van der Waals surface area contributed by atoms with E-state index >= 15 is 0 Å². The zero-order valence-electron chi connectivity index (χ0n) is 17.1. The first-order valence-electron chi connectivity index (χ1n) is 11.0. The second-order valence-electron chi connectivity index (χ2n) is 7.38. The average Bonchev–Trinajstić information content (AvgIpc) is 2.59. The minimum absolute atomic E-state index is 0.0587. The Labute approximate surface area is 161 Å². The van der Waals surface area contributed by atoms with Crippen LogP contribution < -0.4 is 5.32 Å². The first-order chi connectivity index (χ1) is 12.6. The van der Waals surface area contributed by atoms with Gasteiger partial charge in [0.1, 0.15) is 0 Å². The molecule has 0 saturated carbocycles. The van der Waals surface area contributed by atoms with E-state index < -0.39 is 7.82 Å². The van der Waals surface area contributed by atoms with Crippen molar-refractivity contribution in [3.63, 3.8) is 0 Å². The van der Waals surface area contributed by atoms with Crippen LogP contribution in [0.1, 0.15) is 110 Å². The van der Waals surface area contributed by atoms with Gasteiger partial charge < -0.3 is 15.1 Å². The van der Waals surface area contributed by atoms with Crippen molar-refractivity contribution in [1.29, 1.82) is 0 Å². The van der Waals surface area contributed by atoms with Crippen LogP contribution in [0.25, 0.3) is 0 Å². The Bertz CT molecular complexity index is 323. The molecule has 0 aliphatic heterocycles. The maximum absolute atomic E-state index is 10.5. The molecule has 0 aromatic heterocycles. The topological polar surface area (TPSA) is 78.8 Å². The van der Waals surface area contributed by atoms with Gasteiger partial charge in [0.25, 0.3) is 0 Å². The van der Waals surface area contributed by atoms with E-state index in [2.05, 4.69) is 16.8 Å². The van der Waals surface area contributed by atoms with Crippen molar-refractivity contribution in [2.24, 2.45) is 0 Å². The molecule has 0 saturated heterocycles. The normalized spacial score (nSPS) is 12.0. The van der Waals surface area contributed by atoms with E-state index in [1.165, 1.54) is 96.3 Å². The summed E-state index contributed by atoms with van der Waals surface area (Å²) in [5.74, 6) is 0. The quantitative estimate of drug-likeness (QED) is 0.166. The molecule has 0 bridgehead atoms. The Balaban J connectivity index is 3.02. The predicted molar refractivity (Wildman–Crippen MR) is 110 cm³/mol. The molecule has 0 rings (SSSR count). The summed E-state index contributed by atoms with van der Waals surface area (Å²) >= 11 is 0. The van der Waals surface area contributed by atoms with Gasteiger partial charge in [0, 0.05) is 6.54 Å². The second kappa shape index (κ2) is 19.8. The number of hydrogen-bond donors (Lipinski definition) is 3. The molecule has 0 amide bonds. The minimum Gasteiger partial charge on any atom is -0.314 e. The van der Waals surface area contributed by atoms with E-state index in [9.17, 15) is 4.57 Å². The van der Waals surface area contributed by atoms with E-state index in [4.69, 9.17) is 9.79 Å². The summed E-state index contributed by atoms with van der Waals surface area (Å²) in [5.41, 5.74) is 0. The van der Waals surface area contributed by atoms with Gasteiger partial charge in [-0.2, -0.15) is 0 Å². The van der Waals surface area contributed by atoms with Gasteiger partial charge in [0.2, 0.25) is 0 Å². The summed E-state index contributed by atoms with van der Waals surface area (Å²) in [4.78, 5) is 17.1. The standard InChI is InChI=1S/C20H44NO4P/c1-2-3-4-5-6-7-8-9-10-11-12-13-14-15-16-17-18-21-19-20-25-26(22,23)24/h21H,2-20H2,1H3,(H2,22,23,24). The molecular formula is C20H44NO4P. The van der Waals surface area contributed by atoms with Gasteiger partial charge in [-0.3, -0.25) is 4.52 Å². The van der Waals surface area contributed by atoms with Crippen LogP contribution in [-0.2, 0) is 9.09 Å². The molecule has 0 radical (unpaired) electrons. The summed E-state index contributed by atoms with van der Waals surface area (Å²) in [7, 11) is -4.30. The molecule has 0 heterocycles. The van der Waals surface area contributed by atoms with E-state index in [-0.39, 0.29) is 6.61 Å². The monoisotopic (exact) mass is 393 g/mol. The molecular weight excluding hydrogens is 349 g/mol. The lowest BCUT2D eigenvalue weighted by atomic mass is 10.0. The molecule has 0 spiro atoms. The number of phosphoric ester groups is 1. The van der Waals surface area contributed by atoms with Crippen molar-refractivity contribution < 1.29 is 18.9 Å². The molecule has 0 aromatic rings. The zero-order chi connectivity index (χ0) is 19.3.